The van der Waals surface area contributed by atoms with Gasteiger partial charge in [0.15, 0.2) is 7.14 Å². The molecule has 0 bridgehead atoms. The van der Waals surface area contributed by atoms with E-state index in [0.29, 0.717) is 0 Å². The van der Waals surface area contributed by atoms with Gasteiger partial charge in [0.25, 0.3) is 0 Å². The summed E-state index contributed by atoms with van der Waals surface area (Å²) in [6.45, 7) is 6.21. The number of hydrogen-bond donors (Lipinski definition) is 0. The molecule has 2 aliphatic rings. The van der Waals surface area contributed by atoms with Crippen molar-refractivity contribution in [3.05, 3.63) is 210 Å². The number of fused-ring (bicyclic) bond motifs is 12. The first-order chi connectivity index (χ1) is 26.5. The fourth-order valence-corrected chi connectivity index (χ4v) is 13.8. The van der Waals surface area contributed by atoms with Crippen molar-refractivity contribution in [1.29, 1.82) is 0 Å². The molecule has 4 heteroatoms. The number of thiophene rings is 1. The Morgan fingerprint density at radius 2 is 1.31 bits per heavy atom. The maximum Gasteiger partial charge on any atom is 0.167 e. The van der Waals surface area contributed by atoms with E-state index in [1.807, 2.05) is 53.8 Å². The molecule has 256 valence electrons. The van der Waals surface area contributed by atoms with E-state index in [0.717, 1.165) is 43.9 Å². The Morgan fingerprint density at radius 1 is 0.630 bits per heavy atom. The molecule has 2 aromatic heterocycles. The van der Waals surface area contributed by atoms with E-state index in [-0.39, 0.29) is 0 Å². The van der Waals surface area contributed by atoms with Gasteiger partial charge < -0.3 is 9.13 Å². The van der Waals surface area contributed by atoms with Crippen molar-refractivity contribution in [1.82, 2.24) is 4.57 Å². The van der Waals surface area contributed by atoms with E-state index in [1.165, 1.54) is 53.1 Å². The van der Waals surface area contributed by atoms with Crippen molar-refractivity contribution < 1.29 is 4.57 Å². The van der Waals surface area contributed by atoms with Gasteiger partial charge in [-0.25, -0.2) is 0 Å². The van der Waals surface area contributed by atoms with Crippen LogP contribution in [0.3, 0.4) is 0 Å². The standard InChI is InChI=1S/C50H34NOPS/c1-3-4-20-40-32(2)53(52,35-15-6-5-7-16-35)46-28-26-34(33-27-29-48-39(30-33)37-18-9-13-25-47(37)54-48)31-43(46)50(40)41-21-10-12-24-45(41)51-44-23-11-8-17-36(44)38-19-14-22-42(50)49(38)51/h3-31H,1H2,2H3/b20-4-. The molecule has 0 N–H and O–H groups in total. The van der Waals surface area contributed by atoms with Crippen molar-refractivity contribution in [2.24, 2.45) is 0 Å². The van der Waals surface area contributed by atoms with Crippen LogP contribution < -0.4 is 10.6 Å². The van der Waals surface area contributed by atoms with Crippen LogP contribution in [0.25, 0.3) is 58.8 Å². The van der Waals surface area contributed by atoms with Gasteiger partial charge in [0.2, 0.25) is 0 Å². The molecule has 2 unspecified atom stereocenters. The molecular weight excluding hydrogens is 694 g/mol. The van der Waals surface area contributed by atoms with Gasteiger partial charge in [-0.2, -0.15) is 0 Å². The van der Waals surface area contributed by atoms with Crippen LogP contribution in [-0.4, -0.2) is 4.57 Å². The van der Waals surface area contributed by atoms with Crippen molar-refractivity contribution in [2.45, 2.75) is 12.3 Å². The fraction of sp³-hybridized carbons (Fsp3) is 0.0400. The predicted molar refractivity (Wildman–Crippen MR) is 231 cm³/mol. The minimum atomic E-state index is -3.32. The smallest absolute Gasteiger partial charge is 0.167 e. The summed E-state index contributed by atoms with van der Waals surface area (Å²) in [6.07, 6.45) is 6.04. The Kier molecular flexibility index (Phi) is 6.72. The molecule has 2 atom stereocenters. The molecular formula is C50H34NOPS. The van der Waals surface area contributed by atoms with E-state index < -0.39 is 12.6 Å². The average molecular weight is 728 g/mol. The van der Waals surface area contributed by atoms with Crippen molar-refractivity contribution in [3.8, 4) is 16.8 Å². The van der Waals surface area contributed by atoms with E-state index in [9.17, 15) is 0 Å². The van der Waals surface area contributed by atoms with Crippen LogP contribution in [-0.2, 0) is 9.98 Å². The monoisotopic (exact) mass is 727 g/mol. The lowest BCUT2D eigenvalue weighted by molar-refractivity contribution is 0.587. The zero-order chi connectivity index (χ0) is 36.2. The number of allylic oxidation sites excluding steroid dienone is 5. The van der Waals surface area contributed by atoms with Crippen molar-refractivity contribution in [3.63, 3.8) is 0 Å². The van der Waals surface area contributed by atoms with Crippen LogP contribution in [0.15, 0.2) is 193 Å². The van der Waals surface area contributed by atoms with Crippen LogP contribution in [0.5, 0.6) is 0 Å². The topological polar surface area (TPSA) is 22.0 Å². The highest BCUT2D eigenvalue weighted by Crippen LogP contribution is 2.66. The van der Waals surface area contributed by atoms with Gasteiger partial charge >= 0.3 is 0 Å². The van der Waals surface area contributed by atoms with Gasteiger partial charge in [-0.1, -0.05) is 140 Å². The third-order valence-electron chi connectivity index (χ3n) is 11.9. The zero-order valence-corrected chi connectivity index (χ0v) is 31.4. The van der Waals surface area contributed by atoms with Gasteiger partial charge in [0.05, 0.1) is 22.1 Å². The summed E-state index contributed by atoms with van der Waals surface area (Å²) in [5.41, 5.74) is 9.44. The predicted octanol–water partition coefficient (Wildman–Crippen LogP) is 12.8. The van der Waals surface area contributed by atoms with Gasteiger partial charge in [-0.3, -0.25) is 0 Å². The molecule has 54 heavy (non-hydrogen) atoms. The van der Waals surface area contributed by atoms with Crippen LogP contribution >= 0.6 is 18.5 Å². The number of aromatic nitrogens is 1. The first kappa shape index (κ1) is 31.5. The summed E-state index contributed by atoms with van der Waals surface area (Å²) in [4.78, 5) is 0. The molecule has 0 saturated carbocycles. The molecule has 9 aromatic rings. The summed E-state index contributed by atoms with van der Waals surface area (Å²) in [7, 11) is -3.32. The highest BCUT2D eigenvalue weighted by Gasteiger charge is 2.54. The van der Waals surface area contributed by atoms with Crippen molar-refractivity contribution in [2.75, 3.05) is 0 Å². The highest BCUT2D eigenvalue weighted by atomic mass is 32.1. The first-order valence-corrected chi connectivity index (χ1v) is 20.9. The van der Waals surface area contributed by atoms with E-state index in [2.05, 4.69) is 152 Å². The van der Waals surface area contributed by atoms with Gasteiger partial charge in [0.1, 0.15) is 0 Å². The number of rotatable bonds is 4. The van der Waals surface area contributed by atoms with Crippen LogP contribution in [0, 0.1) is 0 Å². The number of hydrogen-bond acceptors (Lipinski definition) is 2. The second-order valence-electron chi connectivity index (χ2n) is 14.4. The van der Waals surface area contributed by atoms with Crippen LogP contribution in [0.2, 0.25) is 0 Å². The summed E-state index contributed by atoms with van der Waals surface area (Å²) < 4.78 is 21.4. The number of para-hydroxylation sites is 3. The Hall–Kier alpha value is -5.99. The molecule has 0 amide bonds. The molecule has 1 spiro atoms. The largest absolute Gasteiger partial charge is 0.309 e. The number of benzene rings is 7. The Bertz CT molecular complexity index is 3180. The summed E-state index contributed by atoms with van der Waals surface area (Å²) in [6, 6.07) is 56.7. The van der Waals surface area contributed by atoms with Crippen molar-refractivity contribution >= 4 is 71.1 Å². The first-order valence-electron chi connectivity index (χ1n) is 18.4. The Morgan fingerprint density at radius 3 is 2.19 bits per heavy atom. The lowest BCUT2D eigenvalue weighted by atomic mass is 9.62. The van der Waals surface area contributed by atoms with E-state index in [1.54, 1.807) is 0 Å². The lowest BCUT2D eigenvalue weighted by Gasteiger charge is -2.48. The molecule has 2 aliphatic heterocycles. The lowest BCUT2D eigenvalue weighted by Crippen LogP contribution is -2.43. The number of nitrogens with zero attached hydrogens (tertiary/aromatic N) is 1. The molecule has 7 aromatic carbocycles. The second kappa shape index (κ2) is 11.5. The summed E-state index contributed by atoms with van der Waals surface area (Å²) in [5, 5.41) is 7.61. The fourth-order valence-electron chi connectivity index (χ4n) is 9.63. The second-order valence-corrected chi connectivity index (χ2v) is 18.4. The SMILES string of the molecule is C=C/C=C\C1=C(C)P(=O)(c2ccccc2)c2ccc(-c3ccc4sc5ccccc5c4c3)cc2C12c1ccccc1-n1c3ccccc3c3cccc2c31. The third-order valence-corrected chi connectivity index (χ3v) is 16.3. The molecule has 11 rings (SSSR count). The minimum absolute atomic E-state index is 0.780. The molecule has 2 nitrogen and oxygen atoms in total. The van der Waals surface area contributed by atoms with Crippen LogP contribution in [0.4, 0.5) is 0 Å². The van der Waals surface area contributed by atoms with E-state index in [4.69, 9.17) is 0 Å². The average Bonchev–Trinajstić information content (AvgIpc) is 3.77. The maximum atomic E-state index is 16.3. The normalized spacial score (nSPS) is 19.0. The van der Waals surface area contributed by atoms with Gasteiger partial charge in [0, 0.05) is 41.6 Å². The molecule has 0 saturated heterocycles. The highest BCUT2D eigenvalue weighted by molar-refractivity contribution is 7.82. The molecule has 4 heterocycles. The molecule has 0 radical (unpaired) electrons. The Balaban J connectivity index is 1.33. The minimum Gasteiger partial charge on any atom is -0.309 e. The quantitative estimate of drug-likeness (QED) is 0.131. The molecule has 0 aliphatic carbocycles. The van der Waals surface area contributed by atoms with E-state index >= 15 is 4.57 Å². The summed E-state index contributed by atoms with van der Waals surface area (Å²) in [5.74, 6) is 0. The maximum absolute atomic E-state index is 16.3. The van der Waals surface area contributed by atoms with Crippen LogP contribution in [0.1, 0.15) is 23.6 Å². The van der Waals surface area contributed by atoms with Gasteiger partial charge in [-0.15, -0.1) is 11.3 Å². The third kappa shape index (κ3) is 3.98. The van der Waals surface area contributed by atoms with Gasteiger partial charge in [-0.05, 0) is 88.1 Å². The Labute approximate surface area is 318 Å². The molecule has 0 fully saturated rings. The zero-order valence-electron chi connectivity index (χ0n) is 29.7. The summed E-state index contributed by atoms with van der Waals surface area (Å²) >= 11 is 1.83.